The number of piperidine rings is 1. The van der Waals surface area contributed by atoms with Crippen LogP contribution in [0.15, 0.2) is 0 Å². The van der Waals surface area contributed by atoms with E-state index in [0.29, 0.717) is 6.54 Å². The second kappa shape index (κ2) is 4.88. The smallest absolute Gasteiger partial charge is 0.139 e. The molecule has 2 N–H and O–H groups in total. The first kappa shape index (κ1) is 10.9. The number of likely N-dealkylation sites (tertiary alicyclic amines) is 1. The molecule has 0 saturated carbocycles. The van der Waals surface area contributed by atoms with E-state index in [1.54, 1.807) is 7.11 Å². The standard InChI is InChI=1S/C9H19FN2O/c1-7(11)5-12-4-3-9(13-2)8(10)6-12/h7-9H,3-6,11H2,1-2H3. The summed E-state index contributed by atoms with van der Waals surface area (Å²) in [6.45, 7) is 4.06. The van der Waals surface area contributed by atoms with Gasteiger partial charge in [0.2, 0.25) is 0 Å². The monoisotopic (exact) mass is 190 g/mol. The van der Waals surface area contributed by atoms with Crippen molar-refractivity contribution in [3.05, 3.63) is 0 Å². The minimum Gasteiger partial charge on any atom is -0.378 e. The van der Waals surface area contributed by atoms with Gasteiger partial charge < -0.3 is 10.5 Å². The highest BCUT2D eigenvalue weighted by Gasteiger charge is 2.28. The molecule has 0 aromatic rings. The average Bonchev–Trinajstić information content (AvgIpc) is 2.03. The zero-order chi connectivity index (χ0) is 9.84. The van der Waals surface area contributed by atoms with Crippen LogP contribution in [0.1, 0.15) is 13.3 Å². The highest BCUT2D eigenvalue weighted by atomic mass is 19.1. The molecule has 0 aliphatic carbocycles. The molecule has 1 aliphatic rings. The maximum absolute atomic E-state index is 13.3. The third-order valence-corrected chi connectivity index (χ3v) is 2.41. The van der Waals surface area contributed by atoms with Gasteiger partial charge in [0.05, 0.1) is 6.10 Å². The van der Waals surface area contributed by atoms with Crippen LogP contribution in [0.25, 0.3) is 0 Å². The Morgan fingerprint density at radius 2 is 2.38 bits per heavy atom. The van der Waals surface area contributed by atoms with Crippen molar-refractivity contribution in [3.63, 3.8) is 0 Å². The fourth-order valence-corrected chi connectivity index (χ4v) is 1.78. The molecule has 1 rings (SSSR count). The van der Waals surface area contributed by atoms with Crippen LogP contribution in [-0.2, 0) is 4.74 Å². The van der Waals surface area contributed by atoms with E-state index in [9.17, 15) is 4.39 Å². The molecule has 1 fully saturated rings. The van der Waals surface area contributed by atoms with Gasteiger partial charge in [-0.25, -0.2) is 4.39 Å². The number of alkyl halides is 1. The normalized spacial score (nSPS) is 33.2. The van der Waals surface area contributed by atoms with Gasteiger partial charge in [-0.2, -0.15) is 0 Å². The van der Waals surface area contributed by atoms with Gasteiger partial charge in [-0.1, -0.05) is 0 Å². The van der Waals surface area contributed by atoms with E-state index in [2.05, 4.69) is 4.90 Å². The third kappa shape index (κ3) is 3.21. The highest BCUT2D eigenvalue weighted by Crippen LogP contribution is 2.16. The molecule has 13 heavy (non-hydrogen) atoms. The summed E-state index contributed by atoms with van der Waals surface area (Å²) in [5, 5.41) is 0. The van der Waals surface area contributed by atoms with E-state index in [1.165, 1.54) is 0 Å². The molecular formula is C9H19FN2O. The van der Waals surface area contributed by atoms with Crippen LogP contribution in [0.2, 0.25) is 0 Å². The van der Waals surface area contributed by atoms with E-state index in [0.717, 1.165) is 19.5 Å². The summed E-state index contributed by atoms with van der Waals surface area (Å²) >= 11 is 0. The van der Waals surface area contributed by atoms with Crippen LogP contribution in [0.3, 0.4) is 0 Å². The van der Waals surface area contributed by atoms with Gasteiger partial charge in [0.25, 0.3) is 0 Å². The van der Waals surface area contributed by atoms with Crippen LogP contribution >= 0.6 is 0 Å². The zero-order valence-corrected chi connectivity index (χ0v) is 8.37. The number of methoxy groups -OCH3 is 1. The van der Waals surface area contributed by atoms with E-state index in [-0.39, 0.29) is 12.1 Å². The Bertz CT molecular complexity index is 155. The van der Waals surface area contributed by atoms with Crippen molar-refractivity contribution in [1.29, 1.82) is 0 Å². The molecule has 0 radical (unpaired) electrons. The van der Waals surface area contributed by atoms with Gasteiger partial charge in [-0.05, 0) is 13.3 Å². The number of nitrogens with zero attached hydrogens (tertiary/aromatic N) is 1. The van der Waals surface area contributed by atoms with Crippen molar-refractivity contribution in [1.82, 2.24) is 4.90 Å². The molecule has 1 aliphatic heterocycles. The lowest BCUT2D eigenvalue weighted by atomic mass is 10.1. The van der Waals surface area contributed by atoms with E-state index < -0.39 is 6.17 Å². The van der Waals surface area contributed by atoms with Gasteiger partial charge >= 0.3 is 0 Å². The van der Waals surface area contributed by atoms with Crippen LogP contribution in [-0.4, -0.2) is 50.0 Å². The lowest BCUT2D eigenvalue weighted by molar-refractivity contribution is -0.0228. The summed E-state index contributed by atoms with van der Waals surface area (Å²) in [6.07, 6.45) is -0.313. The molecule has 0 amide bonds. The highest BCUT2D eigenvalue weighted by molar-refractivity contribution is 4.81. The maximum Gasteiger partial charge on any atom is 0.139 e. The van der Waals surface area contributed by atoms with E-state index in [1.807, 2.05) is 6.92 Å². The SMILES string of the molecule is COC1CCN(CC(C)N)CC1F. The Kier molecular flexibility index (Phi) is 4.09. The molecule has 0 spiro atoms. The fourth-order valence-electron chi connectivity index (χ4n) is 1.78. The van der Waals surface area contributed by atoms with Crippen LogP contribution in [0, 0.1) is 0 Å². The molecular weight excluding hydrogens is 171 g/mol. The number of hydrogen-bond donors (Lipinski definition) is 1. The molecule has 1 saturated heterocycles. The third-order valence-electron chi connectivity index (χ3n) is 2.41. The molecule has 4 heteroatoms. The van der Waals surface area contributed by atoms with Gasteiger partial charge in [0.1, 0.15) is 6.17 Å². The topological polar surface area (TPSA) is 38.5 Å². The molecule has 0 aromatic heterocycles. The van der Waals surface area contributed by atoms with Gasteiger partial charge in [-0.15, -0.1) is 0 Å². The van der Waals surface area contributed by atoms with Crippen LogP contribution in [0.4, 0.5) is 4.39 Å². The summed E-state index contributed by atoms with van der Waals surface area (Å²) in [4.78, 5) is 2.06. The summed E-state index contributed by atoms with van der Waals surface area (Å²) in [5.74, 6) is 0. The average molecular weight is 190 g/mol. The Labute approximate surface area is 79.0 Å². The number of halogens is 1. The first-order valence-electron chi connectivity index (χ1n) is 4.78. The summed E-state index contributed by atoms with van der Waals surface area (Å²) < 4.78 is 18.4. The van der Waals surface area contributed by atoms with Crippen molar-refractivity contribution in [2.24, 2.45) is 5.73 Å². The number of nitrogens with two attached hydrogens (primary N) is 1. The number of rotatable bonds is 3. The second-order valence-electron chi connectivity index (χ2n) is 3.82. The van der Waals surface area contributed by atoms with Crippen molar-refractivity contribution in [2.45, 2.75) is 31.7 Å². The lowest BCUT2D eigenvalue weighted by Crippen LogP contribution is -2.48. The van der Waals surface area contributed by atoms with E-state index in [4.69, 9.17) is 10.5 Å². The Morgan fingerprint density at radius 1 is 1.69 bits per heavy atom. The van der Waals surface area contributed by atoms with Crippen LogP contribution < -0.4 is 5.73 Å². The Hall–Kier alpha value is -0.190. The lowest BCUT2D eigenvalue weighted by Gasteiger charge is -2.34. The quantitative estimate of drug-likeness (QED) is 0.699. The van der Waals surface area contributed by atoms with Crippen LogP contribution in [0.5, 0.6) is 0 Å². The molecule has 3 atom stereocenters. The molecule has 0 aromatic carbocycles. The first-order chi connectivity index (χ1) is 6.13. The van der Waals surface area contributed by atoms with Crippen molar-refractivity contribution in [3.8, 4) is 0 Å². The molecule has 0 bridgehead atoms. The second-order valence-corrected chi connectivity index (χ2v) is 3.82. The van der Waals surface area contributed by atoms with Gasteiger partial charge in [0, 0.05) is 32.8 Å². The van der Waals surface area contributed by atoms with Gasteiger partial charge in [-0.3, -0.25) is 4.90 Å². The molecule has 78 valence electrons. The largest absolute Gasteiger partial charge is 0.378 e. The fraction of sp³-hybridized carbons (Fsp3) is 1.00. The van der Waals surface area contributed by atoms with Crippen molar-refractivity contribution < 1.29 is 9.13 Å². The van der Waals surface area contributed by atoms with Gasteiger partial charge in [0.15, 0.2) is 0 Å². The zero-order valence-electron chi connectivity index (χ0n) is 8.37. The molecule has 3 nitrogen and oxygen atoms in total. The first-order valence-corrected chi connectivity index (χ1v) is 4.78. The minimum atomic E-state index is -0.863. The Balaban J connectivity index is 2.32. The predicted octanol–water partition coefficient (Wildman–Crippen LogP) is 0.392. The molecule has 1 heterocycles. The summed E-state index contributed by atoms with van der Waals surface area (Å²) in [6, 6.07) is 0.117. The predicted molar refractivity (Wildman–Crippen MR) is 50.4 cm³/mol. The summed E-state index contributed by atoms with van der Waals surface area (Å²) in [5.41, 5.74) is 5.64. The number of ether oxygens (including phenoxy) is 1. The summed E-state index contributed by atoms with van der Waals surface area (Å²) in [7, 11) is 1.57. The van der Waals surface area contributed by atoms with E-state index >= 15 is 0 Å². The Morgan fingerprint density at radius 3 is 2.85 bits per heavy atom. The van der Waals surface area contributed by atoms with Crippen molar-refractivity contribution >= 4 is 0 Å². The molecule has 3 unspecified atom stereocenters. The number of hydrogen-bond acceptors (Lipinski definition) is 3. The van der Waals surface area contributed by atoms with Crippen molar-refractivity contribution in [2.75, 3.05) is 26.7 Å². The minimum absolute atomic E-state index is 0.117. The maximum atomic E-state index is 13.3.